The van der Waals surface area contributed by atoms with Crippen molar-refractivity contribution in [2.45, 2.75) is 43.5 Å². The van der Waals surface area contributed by atoms with Crippen molar-refractivity contribution in [3.05, 3.63) is 24.3 Å². The first-order valence-corrected chi connectivity index (χ1v) is 10.7. The molecule has 0 bridgehead atoms. The van der Waals surface area contributed by atoms with Crippen LogP contribution in [-0.4, -0.2) is 46.9 Å². The molecule has 2 rings (SSSR count). The summed E-state index contributed by atoms with van der Waals surface area (Å²) < 4.78 is 28.5. The Morgan fingerprint density at radius 3 is 2.54 bits per heavy atom. The lowest BCUT2D eigenvalue weighted by Gasteiger charge is -2.28. The summed E-state index contributed by atoms with van der Waals surface area (Å²) in [5.41, 5.74) is 0. The molecule has 2 unspecified atom stereocenters. The Morgan fingerprint density at radius 1 is 1.27 bits per heavy atom. The maximum Gasteiger partial charge on any atom is 0.191 e. The van der Waals surface area contributed by atoms with Crippen LogP contribution in [0.1, 0.15) is 32.6 Å². The number of halogens is 1. The van der Waals surface area contributed by atoms with Crippen molar-refractivity contribution < 1.29 is 13.2 Å². The number of hydrogen-bond acceptors (Lipinski definition) is 4. The molecule has 148 valence electrons. The van der Waals surface area contributed by atoms with Crippen LogP contribution >= 0.6 is 24.0 Å². The average Bonchev–Trinajstić information content (AvgIpc) is 2.57. The molecule has 1 aliphatic rings. The van der Waals surface area contributed by atoms with Crippen LogP contribution < -0.4 is 15.4 Å². The van der Waals surface area contributed by atoms with Crippen LogP contribution in [0.25, 0.3) is 0 Å². The van der Waals surface area contributed by atoms with Gasteiger partial charge in [0.25, 0.3) is 0 Å². The van der Waals surface area contributed by atoms with Gasteiger partial charge in [0.2, 0.25) is 0 Å². The number of rotatable bonds is 6. The van der Waals surface area contributed by atoms with Gasteiger partial charge in [0.05, 0.1) is 11.4 Å². The first-order chi connectivity index (χ1) is 11.9. The number of sulfone groups is 1. The first kappa shape index (κ1) is 23.0. The molecule has 1 aliphatic carbocycles. The highest BCUT2D eigenvalue weighted by atomic mass is 127. The maximum atomic E-state index is 11.4. The van der Waals surface area contributed by atoms with E-state index in [9.17, 15) is 8.42 Å². The van der Waals surface area contributed by atoms with Crippen LogP contribution in [0.2, 0.25) is 0 Å². The topological polar surface area (TPSA) is 79.8 Å². The Bertz CT molecular complexity index is 677. The molecule has 26 heavy (non-hydrogen) atoms. The minimum atomic E-state index is -3.17. The van der Waals surface area contributed by atoms with E-state index in [0.29, 0.717) is 29.8 Å². The molecule has 0 aliphatic heterocycles. The summed E-state index contributed by atoms with van der Waals surface area (Å²) in [6.07, 6.45) is 6.15. The zero-order valence-electron chi connectivity index (χ0n) is 15.7. The van der Waals surface area contributed by atoms with Crippen molar-refractivity contribution in [2.75, 3.05) is 26.5 Å². The summed E-state index contributed by atoms with van der Waals surface area (Å²) in [5, 5.41) is 6.73. The number of nitrogens with one attached hydrogen (secondary N) is 2. The van der Waals surface area contributed by atoms with E-state index in [1.165, 1.54) is 31.9 Å². The van der Waals surface area contributed by atoms with Crippen molar-refractivity contribution in [2.24, 2.45) is 10.9 Å². The lowest BCUT2D eigenvalue weighted by molar-refractivity contribution is 0.314. The third-order valence-corrected chi connectivity index (χ3v) is 5.54. The van der Waals surface area contributed by atoms with E-state index >= 15 is 0 Å². The molecule has 0 aromatic heterocycles. The maximum absolute atomic E-state index is 11.4. The number of ether oxygens (including phenoxy) is 1. The van der Waals surface area contributed by atoms with Gasteiger partial charge in [0.1, 0.15) is 12.4 Å². The van der Waals surface area contributed by atoms with Gasteiger partial charge in [-0.2, -0.15) is 0 Å². The minimum absolute atomic E-state index is 0. The van der Waals surface area contributed by atoms with Gasteiger partial charge in [0, 0.05) is 19.3 Å². The molecule has 0 saturated heterocycles. The summed E-state index contributed by atoms with van der Waals surface area (Å²) in [6.45, 7) is 3.39. The third-order valence-electron chi connectivity index (χ3n) is 4.42. The van der Waals surface area contributed by atoms with Crippen LogP contribution in [0, 0.1) is 5.92 Å². The number of hydrogen-bond donors (Lipinski definition) is 2. The van der Waals surface area contributed by atoms with E-state index in [1.54, 1.807) is 31.3 Å². The molecule has 8 heteroatoms. The zero-order valence-corrected chi connectivity index (χ0v) is 18.8. The van der Waals surface area contributed by atoms with Crippen molar-refractivity contribution in [3.8, 4) is 5.75 Å². The molecule has 2 N–H and O–H groups in total. The van der Waals surface area contributed by atoms with Crippen molar-refractivity contribution in [3.63, 3.8) is 0 Å². The Kier molecular flexibility index (Phi) is 9.70. The third kappa shape index (κ3) is 7.69. The van der Waals surface area contributed by atoms with Gasteiger partial charge in [0.15, 0.2) is 15.8 Å². The van der Waals surface area contributed by atoms with Gasteiger partial charge in [-0.05, 0) is 43.0 Å². The molecule has 1 fully saturated rings. The molecule has 0 radical (unpaired) electrons. The molecule has 0 heterocycles. The van der Waals surface area contributed by atoms with Crippen LogP contribution in [-0.2, 0) is 9.84 Å². The van der Waals surface area contributed by atoms with Gasteiger partial charge in [-0.25, -0.2) is 8.42 Å². The quantitative estimate of drug-likeness (QED) is 0.275. The second-order valence-electron chi connectivity index (χ2n) is 6.70. The molecule has 1 aromatic carbocycles. The lowest BCUT2D eigenvalue weighted by Crippen LogP contribution is -2.46. The second-order valence-corrected chi connectivity index (χ2v) is 8.72. The van der Waals surface area contributed by atoms with E-state index in [0.717, 1.165) is 11.9 Å². The fourth-order valence-corrected chi connectivity index (χ4v) is 3.71. The molecular weight excluding hydrogens is 465 g/mol. The smallest absolute Gasteiger partial charge is 0.191 e. The standard InChI is InChI=1S/C18H29N3O3S.HI/c1-14-5-4-6-15(13-14)21-18(19-2)20-11-12-24-16-7-9-17(10-8-16)25(3,22)23;/h7-10,14-15H,4-6,11-13H2,1-3H3,(H2,19,20,21);1H. The van der Waals surface area contributed by atoms with Crippen LogP contribution in [0.15, 0.2) is 34.2 Å². The molecule has 0 spiro atoms. The summed E-state index contributed by atoms with van der Waals surface area (Å²) in [7, 11) is -1.40. The fourth-order valence-electron chi connectivity index (χ4n) is 3.07. The Balaban J connectivity index is 0.00000338. The minimum Gasteiger partial charge on any atom is -0.492 e. The summed E-state index contributed by atoms with van der Waals surface area (Å²) in [4.78, 5) is 4.56. The van der Waals surface area contributed by atoms with E-state index < -0.39 is 9.84 Å². The van der Waals surface area contributed by atoms with Gasteiger partial charge in [-0.1, -0.05) is 19.8 Å². The van der Waals surface area contributed by atoms with Crippen molar-refractivity contribution in [1.29, 1.82) is 0 Å². The summed E-state index contributed by atoms with van der Waals surface area (Å²) >= 11 is 0. The molecule has 0 amide bonds. The van der Waals surface area contributed by atoms with E-state index in [1.807, 2.05) is 0 Å². The molecule has 2 atom stereocenters. The monoisotopic (exact) mass is 495 g/mol. The average molecular weight is 495 g/mol. The highest BCUT2D eigenvalue weighted by Gasteiger charge is 2.19. The van der Waals surface area contributed by atoms with E-state index in [2.05, 4.69) is 22.5 Å². The lowest BCUT2D eigenvalue weighted by atomic mass is 9.87. The Hall–Kier alpha value is -1.03. The van der Waals surface area contributed by atoms with E-state index in [-0.39, 0.29) is 24.0 Å². The fraction of sp³-hybridized carbons (Fsp3) is 0.611. The first-order valence-electron chi connectivity index (χ1n) is 8.78. The van der Waals surface area contributed by atoms with Gasteiger partial charge < -0.3 is 15.4 Å². The molecule has 1 saturated carbocycles. The largest absolute Gasteiger partial charge is 0.492 e. The SMILES string of the molecule is CN=C(NCCOc1ccc(S(C)(=O)=O)cc1)NC1CCCC(C)C1.I. The number of guanidine groups is 1. The van der Waals surface area contributed by atoms with Crippen molar-refractivity contribution in [1.82, 2.24) is 10.6 Å². The molecule has 6 nitrogen and oxygen atoms in total. The number of nitrogens with zero attached hydrogens (tertiary/aromatic N) is 1. The number of benzene rings is 1. The van der Waals surface area contributed by atoms with Gasteiger partial charge in [-0.15, -0.1) is 24.0 Å². The van der Waals surface area contributed by atoms with Crippen molar-refractivity contribution >= 4 is 39.8 Å². The summed E-state index contributed by atoms with van der Waals surface area (Å²) in [6, 6.07) is 6.95. The Labute approximate surface area is 174 Å². The predicted molar refractivity (Wildman–Crippen MR) is 116 cm³/mol. The van der Waals surface area contributed by atoms with Gasteiger partial charge >= 0.3 is 0 Å². The van der Waals surface area contributed by atoms with E-state index in [4.69, 9.17) is 4.74 Å². The zero-order chi connectivity index (χ0) is 18.3. The molecule has 1 aromatic rings. The molecular formula is C18H30IN3O3S. The highest BCUT2D eigenvalue weighted by molar-refractivity contribution is 14.0. The van der Waals surface area contributed by atoms with Crippen LogP contribution in [0.3, 0.4) is 0 Å². The van der Waals surface area contributed by atoms with Crippen LogP contribution in [0.4, 0.5) is 0 Å². The highest BCUT2D eigenvalue weighted by Crippen LogP contribution is 2.23. The summed E-state index contributed by atoms with van der Waals surface area (Å²) in [5.74, 6) is 2.22. The second kappa shape index (κ2) is 11.0. The predicted octanol–water partition coefficient (Wildman–Crippen LogP) is 2.83. The van der Waals surface area contributed by atoms with Gasteiger partial charge in [-0.3, -0.25) is 4.99 Å². The normalized spacial score (nSPS) is 20.8. The number of aliphatic imine (C=N–C) groups is 1. The van der Waals surface area contributed by atoms with Crippen LogP contribution in [0.5, 0.6) is 5.75 Å². The Morgan fingerprint density at radius 2 is 1.96 bits per heavy atom.